The SMILES string of the molecule is O=C=Nc1ccc2c(c1)N[C@H](CC(=O)O)C(=O)N(CCc1ccccc1)C2. The molecule has 0 aromatic heterocycles. The molecule has 1 aliphatic rings. The summed E-state index contributed by atoms with van der Waals surface area (Å²) in [6.07, 6.45) is 1.83. The van der Waals surface area contributed by atoms with E-state index in [2.05, 4.69) is 10.3 Å². The van der Waals surface area contributed by atoms with Gasteiger partial charge in [0.1, 0.15) is 6.04 Å². The first-order chi connectivity index (χ1) is 13.1. The third-order valence-corrected chi connectivity index (χ3v) is 4.46. The summed E-state index contributed by atoms with van der Waals surface area (Å²) >= 11 is 0. The molecule has 2 aromatic rings. The molecular formula is C20H19N3O4. The van der Waals surface area contributed by atoms with E-state index in [0.29, 0.717) is 30.9 Å². The number of carbonyl (C=O) groups is 2. The first kappa shape index (κ1) is 18.4. The van der Waals surface area contributed by atoms with E-state index in [4.69, 9.17) is 0 Å². The fourth-order valence-electron chi connectivity index (χ4n) is 3.12. The van der Waals surface area contributed by atoms with Gasteiger partial charge in [0.05, 0.1) is 12.1 Å². The summed E-state index contributed by atoms with van der Waals surface area (Å²) in [7, 11) is 0. The number of nitrogens with one attached hydrogen (secondary N) is 1. The number of aliphatic carboxylic acids is 1. The van der Waals surface area contributed by atoms with Gasteiger partial charge in [-0.1, -0.05) is 36.4 Å². The standard InChI is InChI=1S/C20H19N3O4/c24-13-21-16-7-6-15-12-23(9-8-14-4-2-1-3-5-14)20(27)18(11-19(25)26)22-17(15)10-16/h1-7,10,18,22H,8-9,11-12H2,(H,25,26)/t18-/m1/s1. The zero-order valence-corrected chi connectivity index (χ0v) is 14.6. The van der Waals surface area contributed by atoms with Crippen LogP contribution in [0.2, 0.25) is 0 Å². The van der Waals surface area contributed by atoms with Crippen molar-refractivity contribution in [3.63, 3.8) is 0 Å². The molecule has 2 N–H and O–H groups in total. The predicted molar refractivity (Wildman–Crippen MR) is 99.5 cm³/mol. The lowest BCUT2D eigenvalue weighted by Crippen LogP contribution is -2.42. The molecule has 1 aliphatic heterocycles. The number of anilines is 1. The third-order valence-electron chi connectivity index (χ3n) is 4.46. The number of carbonyl (C=O) groups excluding carboxylic acids is 2. The monoisotopic (exact) mass is 365 g/mol. The van der Waals surface area contributed by atoms with Gasteiger partial charge >= 0.3 is 5.97 Å². The normalized spacial score (nSPS) is 15.9. The van der Waals surface area contributed by atoms with Crippen molar-refractivity contribution in [1.82, 2.24) is 4.90 Å². The number of carboxylic acids is 1. The Labute approximate surface area is 156 Å². The van der Waals surface area contributed by atoms with Crippen molar-refractivity contribution in [2.45, 2.75) is 25.4 Å². The first-order valence-corrected chi connectivity index (χ1v) is 8.58. The lowest BCUT2D eigenvalue weighted by Gasteiger charge is -2.24. The Morgan fingerprint density at radius 2 is 2.04 bits per heavy atom. The molecule has 0 saturated carbocycles. The second-order valence-electron chi connectivity index (χ2n) is 6.33. The van der Waals surface area contributed by atoms with E-state index in [1.165, 1.54) is 6.08 Å². The summed E-state index contributed by atoms with van der Waals surface area (Å²) in [5, 5.41) is 12.2. The Kier molecular flexibility index (Phi) is 5.64. The Hall–Kier alpha value is -3.44. The molecular weight excluding hydrogens is 346 g/mol. The van der Waals surface area contributed by atoms with Crippen molar-refractivity contribution in [2.24, 2.45) is 4.99 Å². The summed E-state index contributed by atoms with van der Waals surface area (Å²) < 4.78 is 0. The molecule has 7 nitrogen and oxygen atoms in total. The second-order valence-corrected chi connectivity index (χ2v) is 6.33. The topological polar surface area (TPSA) is 99.1 Å². The van der Waals surface area contributed by atoms with Crippen molar-refractivity contribution in [2.75, 3.05) is 11.9 Å². The Balaban J connectivity index is 1.87. The second kappa shape index (κ2) is 8.29. The zero-order valence-electron chi connectivity index (χ0n) is 14.6. The van der Waals surface area contributed by atoms with Crippen LogP contribution >= 0.6 is 0 Å². The molecule has 0 aliphatic carbocycles. The number of carboxylic acid groups (broad SMARTS) is 1. The van der Waals surface area contributed by atoms with E-state index in [9.17, 15) is 19.5 Å². The van der Waals surface area contributed by atoms with E-state index >= 15 is 0 Å². The molecule has 1 atom stereocenters. The largest absolute Gasteiger partial charge is 0.481 e. The molecule has 27 heavy (non-hydrogen) atoms. The lowest BCUT2D eigenvalue weighted by atomic mass is 10.1. The molecule has 1 heterocycles. The Bertz CT molecular complexity index is 891. The average Bonchev–Trinajstić information content (AvgIpc) is 2.78. The minimum absolute atomic E-state index is 0.259. The molecule has 0 bridgehead atoms. The van der Waals surface area contributed by atoms with Crippen LogP contribution < -0.4 is 5.32 Å². The van der Waals surface area contributed by atoms with Crippen LogP contribution in [0.15, 0.2) is 53.5 Å². The van der Waals surface area contributed by atoms with E-state index in [1.54, 1.807) is 23.1 Å². The van der Waals surface area contributed by atoms with Crippen molar-refractivity contribution >= 4 is 29.3 Å². The molecule has 0 spiro atoms. The van der Waals surface area contributed by atoms with Crippen molar-refractivity contribution in [3.05, 3.63) is 59.7 Å². The van der Waals surface area contributed by atoms with E-state index < -0.39 is 12.0 Å². The summed E-state index contributed by atoms with van der Waals surface area (Å²) in [5.41, 5.74) is 2.95. The number of fused-ring (bicyclic) bond motifs is 1. The molecule has 0 saturated heterocycles. The highest BCUT2D eigenvalue weighted by Crippen LogP contribution is 2.28. The minimum Gasteiger partial charge on any atom is -0.481 e. The van der Waals surface area contributed by atoms with Gasteiger partial charge in [0.25, 0.3) is 0 Å². The summed E-state index contributed by atoms with van der Waals surface area (Å²) in [5.74, 6) is -1.32. The molecule has 1 amide bonds. The molecule has 2 aromatic carbocycles. The van der Waals surface area contributed by atoms with Crippen molar-refractivity contribution in [3.8, 4) is 0 Å². The summed E-state index contributed by atoms with van der Waals surface area (Å²) in [6.45, 7) is 0.837. The van der Waals surface area contributed by atoms with Crippen LogP contribution in [0.25, 0.3) is 0 Å². The fourth-order valence-corrected chi connectivity index (χ4v) is 3.12. The predicted octanol–water partition coefficient (Wildman–Crippen LogP) is 2.49. The van der Waals surface area contributed by atoms with Crippen LogP contribution in [-0.2, 0) is 27.3 Å². The summed E-state index contributed by atoms with van der Waals surface area (Å²) in [4.78, 5) is 39.9. The van der Waals surface area contributed by atoms with E-state index in [1.807, 2.05) is 30.3 Å². The van der Waals surface area contributed by atoms with Crippen LogP contribution in [-0.4, -0.2) is 40.5 Å². The first-order valence-electron chi connectivity index (χ1n) is 8.58. The van der Waals surface area contributed by atoms with Crippen molar-refractivity contribution in [1.29, 1.82) is 0 Å². The average molecular weight is 365 g/mol. The molecule has 3 rings (SSSR count). The van der Waals surface area contributed by atoms with E-state index in [0.717, 1.165) is 11.1 Å². The number of amides is 1. The maximum absolute atomic E-state index is 12.9. The van der Waals surface area contributed by atoms with Crippen molar-refractivity contribution < 1.29 is 19.5 Å². The van der Waals surface area contributed by atoms with Gasteiger partial charge in [-0.25, -0.2) is 4.79 Å². The van der Waals surface area contributed by atoms with Gasteiger partial charge in [0, 0.05) is 18.8 Å². The van der Waals surface area contributed by atoms with Crippen LogP contribution in [0.4, 0.5) is 11.4 Å². The molecule has 0 fully saturated rings. The lowest BCUT2D eigenvalue weighted by molar-refractivity contribution is -0.141. The van der Waals surface area contributed by atoms with Gasteiger partial charge in [0.15, 0.2) is 0 Å². The third kappa shape index (κ3) is 4.59. The highest BCUT2D eigenvalue weighted by Gasteiger charge is 2.30. The van der Waals surface area contributed by atoms with Gasteiger partial charge in [-0.05, 0) is 29.7 Å². The Morgan fingerprint density at radius 3 is 2.74 bits per heavy atom. The molecule has 0 unspecified atom stereocenters. The number of isocyanates is 1. The number of aliphatic imine (C=N–C) groups is 1. The number of rotatable bonds is 6. The molecule has 7 heteroatoms. The maximum atomic E-state index is 12.9. The van der Waals surface area contributed by atoms with Gasteiger partial charge < -0.3 is 15.3 Å². The van der Waals surface area contributed by atoms with Gasteiger partial charge in [0.2, 0.25) is 12.0 Å². The maximum Gasteiger partial charge on any atom is 0.305 e. The molecule has 138 valence electrons. The van der Waals surface area contributed by atoms with Crippen LogP contribution in [0.3, 0.4) is 0 Å². The minimum atomic E-state index is -1.06. The number of benzene rings is 2. The Morgan fingerprint density at radius 1 is 1.26 bits per heavy atom. The van der Waals surface area contributed by atoms with Gasteiger partial charge in [-0.3, -0.25) is 9.59 Å². The number of nitrogens with zero attached hydrogens (tertiary/aromatic N) is 2. The number of hydrogen-bond acceptors (Lipinski definition) is 5. The zero-order chi connectivity index (χ0) is 19.2. The molecule has 0 radical (unpaired) electrons. The fraction of sp³-hybridized carbons (Fsp3) is 0.250. The van der Waals surface area contributed by atoms with Crippen LogP contribution in [0, 0.1) is 0 Å². The van der Waals surface area contributed by atoms with Crippen LogP contribution in [0.1, 0.15) is 17.5 Å². The highest BCUT2D eigenvalue weighted by molar-refractivity contribution is 5.90. The summed E-state index contributed by atoms with van der Waals surface area (Å²) in [6, 6.07) is 14.0. The van der Waals surface area contributed by atoms with Gasteiger partial charge in [-0.15, -0.1) is 0 Å². The van der Waals surface area contributed by atoms with Gasteiger partial charge in [-0.2, -0.15) is 4.99 Å². The number of hydrogen-bond donors (Lipinski definition) is 2. The highest BCUT2D eigenvalue weighted by atomic mass is 16.4. The van der Waals surface area contributed by atoms with Crippen LogP contribution in [0.5, 0.6) is 0 Å². The smallest absolute Gasteiger partial charge is 0.305 e. The quantitative estimate of drug-likeness (QED) is 0.605. The van der Waals surface area contributed by atoms with E-state index in [-0.39, 0.29) is 12.3 Å².